The Kier molecular flexibility index (Phi) is 4.84. The molecule has 0 saturated carbocycles. The molecule has 0 atom stereocenters. The molecule has 0 radical (unpaired) electrons. The Hall–Kier alpha value is -1.68. The highest BCUT2D eigenvalue weighted by atomic mass is 16.4. The molecule has 0 unspecified atom stereocenters. The van der Waals surface area contributed by atoms with Crippen molar-refractivity contribution in [3.8, 4) is 0 Å². The molecule has 0 saturated heterocycles. The van der Waals surface area contributed by atoms with Gasteiger partial charge in [0, 0.05) is 24.4 Å². The van der Waals surface area contributed by atoms with E-state index in [1.807, 2.05) is 37.1 Å². The highest BCUT2D eigenvalue weighted by Gasteiger charge is 2.02. The third-order valence-corrected chi connectivity index (χ3v) is 2.42. The van der Waals surface area contributed by atoms with E-state index in [0.717, 1.165) is 11.4 Å². The first-order chi connectivity index (χ1) is 7.99. The minimum atomic E-state index is -0.868. The molecule has 17 heavy (non-hydrogen) atoms. The first-order valence-corrected chi connectivity index (χ1v) is 5.50. The Bertz CT molecular complexity index is 427. The normalized spacial score (nSPS) is 11.9. The lowest BCUT2D eigenvalue weighted by Crippen LogP contribution is -2.19. The number of likely N-dealkylation sites (N-methyl/N-ethyl adjacent to an activating group) is 1. The van der Waals surface area contributed by atoms with Gasteiger partial charge in [-0.25, -0.2) is 4.79 Å². The molecule has 0 aliphatic carbocycles. The van der Waals surface area contributed by atoms with Crippen molar-refractivity contribution in [3.05, 3.63) is 41.2 Å². The minimum absolute atomic E-state index is 0.369. The maximum absolute atomic E-state index is 10.6. The second-order valence-electron chi connectivity index (χ2n) is 4.16. The molecule has 1 aromatic rings. The zero-order valence-corrected chi connectivity index (χ0v) is 10.5. The van der Waals surface area contributed by atoms with Crippen LogP contribution in [0.25, 0.3) is 0 Å². The van der Waals surface area contributed by atoms with Gasteiger partial charge in [-0.2, -0.15) is 0 Å². The van der Waals surface area contributed by atoms with Crippen LogP contribution in [0.1, 0.15) is 18.3 Å². The van der Waals surface area contributed by atoms with Gasteiger partial charge in [0.15, 0.2) is 0 Å². The number of pyridine rings is 1. The third-order valence-electron chi connectivity index (χ3n) is 2.42. The molecule has 1 N–H and O–H groups in total. The maximum Gasteiger partial charge on any atom is 0.330 e. The summed E-state index contributed by atoms with van der Waals surface area (Å²) in [5, 5.41) is 8.72. The average molecular weight is 234 g/mol. The standard InChI is InChI=1S/C13H18N2O2/c1-10(13(16)17)7-8-15(3)9-12-6-4-5-11(2)14-12/h4-7H,8-9H2,1-3H3,(H,16,17). The van der Waals surface area contributed by atoms with Crippen LogP contribution in [-0.2, 0) is 11.3 Å². The minimum Gasteiger partial charge on any atom is -0.478 e. The molecule has 4 nitrogen and oxygen atoms in total. The summed E-state index contributed by atoms with van der Waals surface area (Å²) in [6.45, 7) is 4.87. The van der Waals surface area contributed by atoms with Gasteiger partial charge in [0.05, 0.1) is 5.69 Å². The lowest BCUT2D eigenvalue weighted by molar-refractivity contribution is -0.132. The second kappa shape index (κ2) is 6.15. The summed E-state index contributed by atoms with van der Waals surface area (Å²) in [6, 6.07) is 5.90. The number of aliphatic carboxylic acids is 1. The zero-order valence-electron chi connectivity index (χ0n) is 10.5. The molecule has 0 aromatic carbocycles. The van der Waals surface area contributed by atoms with Crippen molar-refractivity contribution in [3.63, 3.8) is 0 Å². The smallest absolute Gasteiger partial charge is 0.330 e. The molecule has 0 aliphatic heterocycles. The number of nitrogens with zero attached hydrogens (tertiary/aromatic N) is 2. The highest BCUT2D eigenvalue weighted by Crippen LogP contribution is 2.02. The molecule has 1 heterocycles. The van der Waals surface area contributed by atoms with E-state index in [1.165, 1.54) is 0 Å². The summed E-state index contributed by atoms with van der Waals surface area (Å²) in [6.07, 6.45) is 1.71. The fourth-order valence-corrected chi connectivity index (χ4v) is 1.41. The summed E-state index contributed by atoms with van der Waals surface area (Å²) < 4.78 is 0. The molecule has 1 aromatic heterocycles. The SMILES string of the molecule is CC(=CCN(C)Cc1cccc(C)n1)C(=O)O. The van der Waals surface area contributed by atoms with E-state index >= 15 is 0 Å². The molecular formula is C13H18N2O2. The van der Waals surface area contributed by atoms with Crippen LogP contribution in [0, 0.1) is 6.92 Å². The first-order valence-electron chi connectivity index (χ1n) is 5.50. The Labute approximate surface area is 102 Å². The summed E-state index contributed by atoms with van der Waals surface area (Å²) >= 11 is 0. The summed E-state index contributed by atoms with van der Waals surface area (Å²) in [5.41, 5.74) is 2.36. The number of carbonyl (C=O) groups is 1. The molecule has 0 bridgehead atoms. The molecule has 92 valence electrons. The van der Waals surface area contributed by atoms with Gasteiger partial charge < -0.3 is 5.11 Å². The lowest BCUT2D eigenvalue weighted by Gasteiger charge is -2.14. The molecule has 0 fully saturated rings. The fourth-order valence-electron chi connectivity index (χ4n) is 1.41. The topological polar surface area (TPSA) is 53.4 Å². The highest BCUT2D eigenvalue weighted by molar-refractivity contribution is 5.85. The van der Waals surface area contributed by atoms with Gasteiger partial charge in [-0.3, -0.25) is 9.88 Å². The summed E-state index contributed by atoms with van der Waals surface area (Å²) in [4.78, 5) is 17.0. The van der Waals surface area contributed by atoms with Gasteiger partial charge in [0.25, 0.3) is 0 Å². The number of rotatable bonds is 5. The van der Waals surface area contributed by atoms with Crippen LogP contribution in [0.4, 0.5) is 0 Å². The van der Waals surface area contributed by atoms with Crippen molar-refractivity contribution in [1.82, 2.24) is 9.88 Å². The van der Waals surface area contributed by atoms with Gasteiger partial charge in [0.2, 0.25) is 0 Å². The Morgan fingerprint density at radius 3 is 2.82 bits per heavy atom. The molecule has 0 spiro atoms. The number of aromatic nitrogens is 1. The van der Waals surface area contributed by atoms with Crippen molar-refractivity contribution >= 4 is 5.97 Å². The number of hydrogen-bond acceptors (Lipinski definition) is 3. The van der Waals surface area contributed by atoms with Crippen LogP contribution >= 0.6 is 0 Å². The van der Waals surface area contributed by atoms with Gasteiger partial charge in [0.1, 0.15) is 0 Å². The predicted octanol–water partition coefficient (Wildman–Crippen LogP) is 1.85. The lowest BCUT2D eigenvalue weighted by atomic mass is 10.2. The number of carboxylic acids is 1. The molecule has 4 heteroatoms. The first kappa shape index (κ1) is 13.4. The van der Waals surface area contributed by atoms with Crippen LogP contribution < -0.4 is 0 Å². The largest absolute Gasteiger partial charge is 0.478 e. The van der Waals surface area contributed by atoms with E-state index in [4.69, 9.17) is 5.11 Å². The Morgan fingerprint density at radius 1 is 1.53 bits per heavy atom. The van der Waals surface area contributed by atoms with E-state index in [-0.39, 0.29) is 0 Å². The predicted molar refractivity (Wildman–Crippen MR) is 66.7 cm³/mol. The molecule has 0 aliphatic rings. The number of aryl methyl sites for hydroxylation is 1. The Balaban J connectivity index is 2.53. The maximum atomic E-state index is 10.6. The van der Waals surface area contributed by atoms with Crippen molar-refractivity contribution in [1.29, 1.82) is 0 Å². The number of carboxylic acid groups (broad SMARTS) is 1. The summed E-state index contributed by atoms with van der Waals surface area (Å²) in [7, 11) is 1.94. The van der Waals surface area contributed by atoms with Crippen molar-refractivity contribution in [2.75, 3.05) is 13.6 Å². The molecule has 0 amide bonds. The van der Waals surface area contributed by atoms with Crippen LogP contribution in [-0.4, -0.2) is 34.6 Å². The van der Waals surface area contributed by atoms with E-state index in [2.05, 4.69) is 4.98 Å². The summed E-state index contributed by atoms with van der Waals surface area (Å²) in [5.74, 6) is -0.868. The second-order valence-corrected chi connectivity index (χ2v) is 4.16. The van der Waals surface area contributed by atoms with Crippen molar-refractivity contribution in [2.24, 2.45) is 0 Å². The van der Waals surface area contributed by atoms with Crippen molar-refractivity contribution in [2.45, 2.75) is 20.4 Å². The van der Waals surface area contributed by atoms with Crippen LogP contribution in [0.3, 0.4) is 0 Å². The van der Waals surface area contributed by atoms with Crippen LogP contribution in [0.2, 0.25) is 0 Å². The van der Waals surface area contributed by atoms with E-state index < -0.39 is 5.97 Å². The van der Waals surface area contributed by atoms with Crippen LogP contribution in [0.5, 0.6) is 0 Å². The van der Waals surface area contributed by atoms with E-state index in [1.54, 1.807) is 13.0 Å². The van der Waals surface area contributed by atoms with E-state index in [9.17, 15) is 4.79 Å². The molecular weight excluding hydrogens is 216 g/mol. The van der Waals surface area contributed by atoms with Gasteiger partial charge in [-0.1, -0.05) is 12.1 Å². The van der Waals surface area contributed by atoms with Gasteiger partial charge in [-0.05, 0) is 33.0 Å². The van der Waals surface area contributed by atoms with Crippen LogP contribution in [0.15, 0.2) is 29.8 Å². The monoisotopic (exact) mass is 234 g/mol. The van der Waals surface area contributed by atoms with Gasteiger partial charge >= 0.3 is 5.97 Å². The fraction of sp³-hybridized carbons (Fsp3) is 0.385. The van der Waals surface area contributed by atoms with Gasteiger partial charge in [-0.15, -0.1) is 0 Å². The molecule has 1 rings (SSSR count). The average Bonchev–Trinajstić information content (AvgIpc) is 2.25. The number of hydrogen-bond donors (Lipinski definition) is 1. The quantitative estimate of drug-likeness (QED) is 0.790. The Morgan fingerprint density at radius 2 is 2.24 bits per heavy atom. The third kappa shape index (κ3) is 4.78. The van der Waals surface area contributed by atoms with Crippen molar-refractivity contribution < 1.29 is 9.90 Å². The zero-order chi connectivity index (χ0) is 12.8. The van der Waals surface area contributed by atoms with E-state index in [0.29, 0.717) is 18.7 Å².